The van der Waals surface area contributed by atoms with E-state index in [4.69, 9.17) is 0 Å². The summed E-state index contributed by atoms with van der Waals surface area (Å²) >= 11 is 0. The van der Waals surface area contributed by atoms with Crippen LogP contribution < -0.4 is 10.6 Å². The third kappa shape index (κ3) is 4.57. The lowest BCUT2D eigenvalue weighted by Gasteiger charge is -2.14. The Kier molecular flexibility index (Phi) is 6.79. The van der Waals surface area contributed by atoms with Crippen LogP contribution in [0.2, 0.25) is 0 Å². The summed E-state index contributed by atoms with van der Waals surface area (Å²) in [6, 6.07) is 9.87. The van der Waals surface area contributed by atoms with Gasteiger partial charge in [-0.25, -0.2) is 0 Å². The van der Waals surface area contributed by atoms with E-state index in [0.29, 0.717) is 5.69 Å². The summed E-state index contributed by atoms with van der Waals surface area (Å²) < 4.78 is 0. The lowest BCUT2D eigenvalue weighted by atomic mass is 10.0. The Morgan fingerprint density at radius 3 is 2.42 bits per heavy atom. The maximum atomic E-state index is 12.6. The number of nitrogens with zero attached hydrogens (tertiary/aromatic N) is 1. The number of pyridine rings is 1. The van der Waals surface area contributed by atoms with Gasteiger partial charge in [0.25, 0.3) is 5.91 Å². The Hall–Kier alpha value is -2.36. The third-order valence-electron chi connectivity index (χ3n) is 4.09. The smallest absolute Gasteiger partial charge is 0.274 e. The number of hydrogen-bond donors (Lipinski definition) is 2. The molecule has 0 bridgehead atoms. The molecule has 1 aromatic heterocycles. The second kappa shape index (κ2) is 9.06. The lowest BCUT2D eigenvalue weighted by Crippen LogP contribution is -2.16. The molecule has 0 aliphatic carbocycles. The number of nitrogens with one attached hydrogen (secondary N) is 2. The predicted molar refractivity (Wildman–Crippen MR) is 101 cm³/mol. The molecule has 128 valence electrons. The van der Waals surface area contributed by atoms with Crippen LogP contribution in [-0.2, 0) is 12.8 Å². The van der Waals surface area contributed by atoms with Crippen molar-refractivity contribution in [1.82, 2.24) is 4.98 Å². The van der Waals surface area contributed by atoms with Gasteiger partial charge in [0.05, 0.1) is 0 Å². The van der Waals surface area contributed by atoms with Crippen LogP contribution >= 0.6 is 0 Å². The molecule has 4 nitrogen and oxygen atoms in total. The first kappa shape index (κ1) is 18.0. The Balaban J connectivity index is 2.17. The minimum atomic E-state index is -0.162. The molecule has 0 unspecified atom stereocenters. The number of amides is 1. The van der Waals surface area contributed by atoms with Crippen molar-refractivity contribution < 1.29 is 4.79 Å². The first-order valence-electron chi connectivity index (χ1n) is 8.81. The van der Waals surface area contributed by atoms with Gasteiger partial charge in [0.15, 0.2) is 0 Å². The molecular formula is C20H27N3O. The minimum Gasteiger partial charge on any atom is -0.385 e. The molecule has 0 radical (unpaired) electrons. The zero-order chi connectivity index (χ0) is 17.4. The van der Waals surface area contributed by atoms with Crippen molar-refractivity contribution in [3.63, 3.8) is 0 Å². The van der Waals surface area contributed by atoms with Crippen LogP contribution in [0.5, 0.6) is 0 Å². The lowest BCUT2D eigenvalue weighted by molar-refractivity contribution is 0.102. The number of carbonyl (C=O) groups is 1. The van der Waals surface area contributed by atoms with E-state index in [2.05, 4.69) is 48.5 Å². The van der Waals surface area contributed by atoms with Crippen molar-refractivity contribution in [3.05, 3.63) is 53.3 Å². The van der Waals surface area contributed by atoms with Crippen molar-refractivity contribution in [2.24, 2.45) is 0 Å². The topological polar surface area (TPSA) is 54.0 Å². The molecule has 0 atom stereocenters. The van der Waals surface area contributed by atoms with Gasteiger partial charge in [0, 0.05) is 24.1 Å². The van der Waals surface area contributed by atoms with Gasteiger partial charge in [-0.3, -0.25) is 9.78 Å². The van der Waals surface area contributed by atoms with Gasteiger partial charge in [-0.1, -0.05) is 45.4 Å². The second-order valence-electron chi connectivity index (χ2n) is 5.82. The van der Waals surface area contributed by atoms with Crippen LogP contribution in [0.1, 0.15) is 55.2 Å². The maximum Gasteiger partial charge on any atom is 0.274 e. The number of aryl methyl sites for hydroxylation is 2. The highest BCUT2D eigenvalue weighted by Crippen LogP contribution is 2.23. The number of aromatic nitrogens is 1. The molecule has 0 fully saturated rings. The summed E-state index contributed by atoms with van der Waals surface area (Å²) in [6.45, 7) is 7.26. The van der Waals surface area contributed by atoms with Crippen molar-refractivity contribution in [2.75, 3.05) is 17.2 Å². The molecule has 1 amide bonds. The maximum absolute atomic E-state index is 12.6. The number of para-hydroxylation sites is 1. The summed E-state index contributed by atoms with van der Waals surface area (Å²) in [5.41, 5.74) is 4.60. The summed E-state index contributed by atoms with van der Waals surface area (Å²) in [7, 11) is 0. The molecule has 1 heterocycles. The highest BCUT2D eigenvalue weighted by molar-refractivity contribution is 6.04. The molecule has 24 heavy (non-hydrogen) atoms. The Bertz CT molecular complexity index is 660. The van der Waals surface area contributed by atoms with Crippen LogP contribution in [0.4, 0.5) is 11.4 Å². The third-order valence-corrected chi connectivity index (χ3v) is 4.09. The van der Waals surface area contributed by atoms with Gasteiger partial charge >= 0.3 is 0 Å². The van der Waals surface area contributed by atoms with Crippen LogP contribution in [0, 0.1) is 0 Å². The fourth-order valence-corrected chi connectivity index (χ4v) is 2.65. The number of benzene rings is 1. The fourth-order valence-electron chi connectivity index (χ4n) is 2.65. The fraction of sp³-hybridized carbons (Fsp3) is 0.400. The largest absolute Gasteiger partial charge is 0.385 e. The zero-order valence-electron chi connectivity index (χ0n) is 14.9. The average molecular weight is 325 g/mol. The molecule has 4 heteroatoms. The standard InChI is InChI=1S/C20H27N3O/c1-4-7-12-21-17-11-13-22-18(14-17)20(24)23-19-15(5-2)9-8-10-16(19)6-3/h8-11,13-14H,4-7,12H2,1-3H3,(H,21,22)(H,23,24). The number of carbonyl (C=O) groups excluding carboxylic acids is 1. The molecule has 0 aliphatic rings. The quantitative estimate of drug-likeness (QED) is 0.693. The molecule has 2 aromatic rings. The van der Waals surface area contributed by atoms with Crippen LogP contribution in [0.25, 0.3) is 0 Å². The first-order chi connectivity index (χ1) is 11.7. The second-order valence-corrected chi connectivity index (χ2v) is 5.82. The van der Waals surface area contributed by atoms with Crippen molar-refractivity contribution in [3.8, 4) is 0 Å². The van der Waals surface area contributed by atoms with Crippen LogP contribution in [0.15, 0.2) is 36.5 Å². The van der Waals surface area contributed by atoms with Crippen molar-refractivity contribution in [2.45, 2.75) is 46.5 Å². The van der Waals surface area contributed by atoms with E-state index in [1.54, 1.807) is 6.20 Å². The Morgan fingerprint density at radius 2 is 1.79 bits per heavy atom. The van der Waals surface area contributed by atoms with E-state index in [1.165, 1.54) is 0 Å². The molecular weight excluding hydrogens is 298 g/mol. The predicted octanol–water partition coefficient (Wildman–Crippen LogP) is 4.67. The summed E-state index contributed by atoms with van der Waals surface area (Å²) in [5, 5.41) is 6.39. The molecule has 1 aromatic carbocycles. The van der Waals surface area contributed by atoms with E-state index >= 15 is 0 Å². The molecule has 0 saturated carbocycles. The first-order valence-corrected chi connectivity index (χ1v) is 8.81. The van der Waals surface area contributed by atoms with E-state index in [-0.39, 0.29) is 5.91 Å². The number of unbranched alkanes of at least 4 members (excludes halogenated alkanes) is 1. The highest BCUT2D eigenvalue weighted by atomic mass is 16.1. The summed E-state index contributed by atoms with van der Waals surface area (Å²) in [5.74, 6) is -0.162. The molecule has 0 spiro atoms. The summed E-state index contributed by atoms with van der Waals surface area (Å²) in [6.07, 6.45) is 5.69. The van der Waals surface area contributed by atoms with Crippen molar-refractivity contribution >= 4 is 17.3 Å². The van der Waals surface area contributed by atoms with E-state index < -0.39 is 0 Å². The molecule has 2 rings (SSSR count). The van der Waals surface area contributed by atoms with Gasteiger partial charge in [-0.2, -0.15) is 0 Å². The normalized spacial score (nSPS) is 10.5. The zero-order valence-corrected chi connectivity index (χ0v) is 14.9. The van der Waals surface area contributed by atoms with Crippen molar-refractivity contribution in [1.29, 1.82) is 0 Å². The van der Waals surface area contributed by atoms with Crippen LogP contribution in [-0.4, -0.2) is 17.4 Å². The van der Waals surface area contributed by atoms with E-state index in [0.717, 1.165) is 54.7 Å². The van der Waals surface area contributed by atoms with Gasteiger partial charge < -0.3 is 10.6 Å². The summed E-state index contributed by atoms with van der Waals surface area (Å²) in [4.78, 5) is 16.9. The monoisotopic (exact) mass is 325 g/mol. The van der Waals surface area contributed by atoms with Gasteiger partial charge in [0.1, 0.15) is 5.69 Å². The number of rotatable bonds is 8. The Labute approximate surface area is 144 Å². The van der Waals surface area contributed by atoms with E-state index in [1.807, 2.05) is 18.2 Å². The molecule has 2 N–H and O–H groups in total. The number of anilines is 2. The average Bonchev–Trinajstić information content (AvgIpc) is 2.62. The molecule has 0 saturated heterocycles. The van der Waals surface area contributed by atoms with Gasteiger partial charge in [-0.05, 0) is 42.5 Å². The molecule has 0 aliphatic heterocycles. The van der Waals surface area contributed by atoms with Crippen LogP contribution in [0.3, 0.4) is 0 Å². The SMILES string of the molecule is CCCCNc1ccnc(C(=O)Nc2c(CC)cccc2CC)c1. The van der Waals surface area contributed by atoms with Gasteiger partial charge in [-0.15, -0.1) is 0 Å². The Morgan fingerprint density at radius 1 is 1.08 bits per heavy atom. The minimum absolute atomic E-state index is 0.162. The highest BCUT2D eigenvalue weighted by Gasteiger charge is 2.13. The van der Waals surface area contributed by atoms with E-state index in [9.17, 15) is 4.79 Å². The van der Waals surface area contributed by atoms with Gasteiger partial charge in [0.2, 0.25) is 0 Å². The number of hydrogen-bond acceptors (Lipinski definition) is 3.